The van der Waals surface area contributed by atoms with E-state index in [9.17, 15) is 9.59 Å². The zero-order valence-electron chi connectivity index (χ0n) is 21.0. The highest BCUT2D eigenvalue weighted by atomic mass is 16.5. The van der Waals surface area contributed by atoms with Crippen molar-refractivity contribution < 1.29 is 14.3 Å². The number of hydrogen-bond acceptors (Lipinski definition) is 3. The van der Waals surface area contributed by atoms with Gasteiger partial charge in [0.15, 0.2) is 0 Å². The van der Waals surface area contributed by atoms with Crippen LogP contribution in [0.15, 0.2) is 115 Å². The van der Waals surface area contributed by atoms with E-state index in [4.69, 9.17) is 4.74 Å². The number of ether oxygens (including phenoxy) is 1. The molecule has 0 aliphatic rings. The monoisotopic (exact) mass is 492 g/mol. The number of carbonyl (C=O) groups excluding carboxylic acids is 2. The number of benzene rings is 4. The van der Waals surface area contributed by atoms with Crippen LogP contribution in [-0.2, 0) is 29.0 Å². The third kappa shape index (κ3) is 7.31. The molecule has 0 bridgehead atoms. The molecule has 5 heteroatoms. The number of nitrogens with one attached hydrogen (secondary N) is 1. The third-order valence-corrected chi connectivity index (χ3v) is 6.26. The lowest BCUT2D eigenvalue weighted by Crippen LogP contribution is -2.44. The van der Waals surface area contributed by atoms with E-state index in [0.717, 1.165) is 28.0 Å². The summed E-state index contributed by atoms with van der Waals surface area (Å²) in [6, 6.07) is 36.0. The minimum atomic E-state index is -0.768. The Morgan fingerprint density at radius 2 is 1.30 bits per heavy atom. The fraction of sp³-hybridized carbons (Fsp3) is 0.188. The van der Waals surface area contributed by atoms with E-state index in [1.165, 1.54) is 0 Å². The smallest absolute Gasteiger partial charge is 0.247 e. The van der Waals surface area contributed by atoms with Gasteiger partial charge in [-0.05, 0) is 40.8 Å². The highest BCUT2D eigenvalue weighted by Crippen LogP contribution is 2.25. The van der Waals surface area contributed by atoms with Crippen LogP contribution in [0.25, 0.3) is 0 Å². The molecule has 0 aliphatic carbocycles. The van der Waals surface area contributed by atoms with E-state index in [2.05, 4.69) is 5.32 Å². The molecule has 4 aromatic carbocycles. The van der Waals surface area contributed by atoms with E-state index < -0.39 is 6.04 Å². The first-order valence-corrected chi connectivity index (χ1v) is 12.5. The van der Waals surface area contributed by atoms with Gasteiger partial charge in [0.1, 0.15) is 11.8 Å². The number of amides is 2. The Kier molecular flexibility index (Phi) is 9.08. The average molecular weight is 493 g/mol. The van der Waals surface area contributed by atoms with Gasteiger partial charge in [-0.1, -0.05) is 103 Å². The van der Waals surface area contributed by atoms with Gasteiger partial charge >= 0.3 is 0 Å². The molecule has 2 amide bonds. The van der Waals surface area contributed by atoms with Crippen molar-refractivity contribution >= 4 is 11.8 Å². The number of carbonyl (C=O) groups is 2. The Balaban J connectivity index is 1.62. The summed E-state index contributed by atoms with van der Waals surface area (Å²) in [5.41, 5.74) is 3.74. The largest absolute Gasteiger partial charge is 0.497 e. The Morgan fingerprint density at radius 1 is 0.730 bits per heavy atom. The zero-order valence-corrected chi connectivity index (χ0v) is 21.0. The maximum Gasteiger partial charge on any atom is 0.247 e. The molecule has 1 atom stereocenters. The van der Waals surface area contributed by atoms with Crippen LogP contribution < -0.4 is 10.1 Å². The lowest BCUT2D eigenvalue weighted by Gasteiger charge is -2.32. The summed E-state index contributed by atoms with van der Waals surface area (Å²) in [5.74, 6) is 0.426. The molecule has 4 rings (SSSR count). The van der Waals surface area contributed by atoms with Crippen LogP contribution in [0, 0.1) is 0 Å². The molecule has 0 heterocycles. The molecule has 0 radical (unpaired) electrons. The number of rotatable bonds is 11. The number of methoxy groups -OCH3 is 1. The normalized spacial score (nSPS) is 11.4. The zero-order chi connectivity index (χ0) is 25.9. The quantitative estimate of drug-likeness (QED) is 0.306. The molecular weight excluding hydrogens is 460 g/mol. The van der Waals surface area contributed by atoms with Gasteiger partial charge in [-0.2, -0.15) is 0 Å². The molecule has 188 valence electrons. The second kappa shape index (κ2) is 13.1. The van der Waals surface area contributed by atoms with Crippen molar-refractivity contribution in [2.24, 2.45) is 0 Å². The van der Waals surface area contributed by atoms with Crippen molar-refractivity contribution in [1.29, 1.82) is 0 Å². The van der Waals surface area contributed by atoms with Crippen molar-refractivity contribution in [2.45, 2.75) is 25.4 Å². The maximum atomic E-state index is 13.8. The first kappa shape index (κ1) is 25.7. The van der Waals surface area contributed by atoms with Gasteiger partial charge in [0.2, 0.25) is 11.8 Å². The van der Waals surface area contributed by atoms with Crippen LogP contribution in [0.2, 0.25) is 0 Å². The van der Waals surface area contributed by atoms with E-state index >= 15 is 0 Å². The molecule has 1 N–H and O–H groups in total. The summed E-state index contributed by atoms with van der Waals surface area (Å²) in [6.45, 7) is 0.775. The summed E-state index contributed by atoms with van der Waals surface area (Å²) >= 11 is 0. The van der Waals surface area contributed by atoms with E-state index in [-0.39, 0.29) is 18.2 Å². The summed E-state index contributed by atoms with van der Waals surface area (Å²) in [5, 5.41) is 3.08. The SMILES string of the molecule is COc1ccc(CN(C(=O)Cc2ccccc2)[C@@H](C(=O)NCCc2ccccc2)c2ccccc2)cc1. The number of hydrogen-bond donors (Lipinski definition) is 1. The minimum absolute atomic E-state index is 0.117. The molecule has 0 fully saturated rings. The van der Waals surface area contributed by atoms with E-state index in [1.807, 2.05) is 115 Å². The van der Waals surface area contributed by atoms with Crippen molar-refractivity contribution in [3.8, 4) is 5.75 Å². The molecule has 4 aromatic rings. The first-order valence-electron chi connectivity index (χ1n) is 12.5. The van der Waals surface area contributed by atoms with Crippen LogP contribution in [0.5, 0.6) is 5.75 Å². The lowest BCUT2D eigenvalue weighted by molar-refractivity contribution is -0.141. The Bertz CT molecular complexity index is 1260. The molecule has 0 saturated carbocycles. The second-order valence-corrected chi connectivity index (χ2v) is 8.87. The Morgan fingerprint density at radius 3 is 1.89 bits per heavy atom. The topological polar surface area (TPSA) is 58.6 Å². The molecule has 0 saturated heterocycles. The van der Waals surface area contributed by atoms with Crippen LogP contribution in [-0.4, -0.2) is 30.4 Å². The van der Waals surface area contributed by atoms with Crippen molar-refractivity contribution in [3.63, 3.8) is 0 Å². The highest BCUT2D eigenvalue weighted by Gasteiger charge is 2.31. The predicted molar refractivity (Wildman–Crippen MR) is 146 cm³/mol. The Hall–Kier alpha value is -4.38. The van der Waals surface area contributed by atoms with Crippen LogP contribution in [0.4, 0.5) is 0 Å². The van der Waals surface area contributed by atoms with Gasteiger partial charge in [-0.3, -0.25) is 9.59 Å². The minimum Gasteiger partial charge on any atom is -0.497 e. The molecule has 0 spiro atoms. The van der Waals surface area contributed by atoms with Gasteiger partial charge in [-0.25, -0.2) is 0 Å². The van der Waals surface area contributed by atoms with Crippen molar-refractivity contribution in [2.75, 3.05) is 13.7 Å². The fourth-order valence-corrected chi connectivity index (χ4v) is 4.30. The standard InChI is InChI=1S/C32H32N2O3/c1-37-29-19-17-27(18-20-29)24-34(30(35)23-26-13-7-3-8-14-26)31(28-15-9-4-10-16-28)32(36)33-22-21-25-11-5-2-6-12-25/h2-20,31H,21-24H2,1H3,(H,33,36)/t31-/m1/s1. The first-order chi connectivity index (χ1) is 18.1. The van der Waals surface area contributed by atoms with E-state index in [0.29, 0.717) is 19.5 Å². The van der Waals surface area contributed by atoms with Crippen molar-refractivity contribution in [3.05, 3.63) is 138 Å². The maximum absolute atomic E-state index is 13.8. The lowest BCUT2D eigenvalue weighted by atomic mass is 10.0. The molecule has 37 heavy (non-hydrogen) atoms. The molecule has 0 aromatic heterocycles. The van der Waals surface area contributed by atoms with Crippen LogP contribution >= 0.6 is 0 Å². The second-order valence-electron chi connectivity index (χ2n) is 8.87. The van der Waals surface area contributed by atoms with Gasteiger partial charge in [0.05, 0.1) is 13.5 Å². The molecule has 0 unspecified atom stereocenters. The average Bonchev–Trinajstić information content (AvgIpc) is 2.95. The summed E-state index contributed by atoms with van der Waals surface area (Å²) in [6.07, 6.45) is 0.919. The van der Waals surface area contributed by atoms with Crippen LogP contribution in [0.3, 0.4) is 0 Å². The van der Waals surface area contributed by atoms with Crippen LogP contribution in [0.1, 0.15) is 28.3 Å². The fourth-order valence-electron chi connectivity index (χ4n) is 4.30. The predicted octanol–water partition coefficient (Wildman–Crippen LogP) is 5.37. The summed E-state index contributed by atoms with van der Waals surface area (Å²) in [7, 11) is 1.62. The van der Waals surface area contributed by atoms with Crippen molar-refractivity contribution in [1.82, 2.24) is 10.2 Å². The third-order valence-electron chi connectivity index (χ3n) is 6.26. The van der Waals surface area contributed by atoms with Gasteiger partial charge in [0.25, 0.3) is 0 Å². The molecule has 0 aliphatic heterocycles. The van der Waals surface area contributed by atoms with Gasteiger partial charge in [-0.15, -0.1) is 0 Å². The molecule has 5 nitrogen and oxygen atoms in total. The summed E-state index contributed by atoms with van der Waals surface area (Å²) in [4.78, 5) is 29.2. The van der Waals surface area contributed by atoms with Gasteiger partial charge < -0.3 is 15.0 Å². The van der Waals surface area contributed by atoms with Gasteiger partial charge in [0, 0.05) is 13.1 Å². The molecular formula is C32H32N2O3. The van der Waals surface area contributed by atoms with E-state index in [1.54, 1.807) is 12.0 Å². The Labute approximate surface area is 218 Å². The highest BCUT2D eigenvalue weighted by molar-refractivity contribution is 5.89. The number of nitrogens with zero attached hydrogens (tertiary/aromatic N) is 1. The summed E-state index contributed by atoms with van der Waals surface area (Å²) < 4.78 is 5.29.